The number of halogens is 1. The number of hydrogen-bond donors (Lipinski definition) is 0. The molecule has 6 heteroatoms. The third-order valence-electron chi connectivity index (χ3n) is 4.55. The molecule has 1 aliphatic rings. The highest BCUT2D eigenvalue weighted by Crippen LogP contribution is 2.37. The van der Waals surface area contributed by atoms with Crippen molar-refractivity contribution in [3.63, 3.8) is 0 Å². The average Bonchev–Trinajstić information content (AvgIpc) is 2.88. The van der Waals surface area contributed by atoms with E-state index in [1.54, 1.807) is 19.2 Å². The van der Waals surface area contributed by atoms with Crippen molar-refractivity contribution < 1.29 is 18.3 Å². The summed E-state index contributed by atoms with van der Waals surface area (Å²) in [5, 5.41) is 0.123. The molecule has 0 aliphatic carbocycles. The molecule has 132 valence electrons. The van der Waals surface area contributed by atoms with Crippen LogP contribution in [-0.4, -0.2) is 24.5 Å². The Balaban J connectivity index is 1.96. The number of fused-ring (bicyclic) bond motifs is 2. The van der Waals surface area contributed by atoms with Crippen molar-refractivity contribution in [2.75, 3.05) is 13.7 Å². The topological polar surface area (TPSA) is 59.8 Å². The predicted molar refractivity (Wildman–Crippen MR) is 94.0 cm³/mol. The molecular weight excluding hydrogens is 337 g/mol. The zero-order chi connectivity index (χ0) is 18.4. The van der Waals surface area contributed by atoms with E-state index in [0.717, 1.165) is 11.6 Å². The molecule has 4 rings (SSSR count). The van der Waals surface area contributed by atoms with E-state index in [1.807, 2.05) is 19.1 Å². The maximum Gasteiger partial charge on any atom is 0.290 e. The molecule has 2 aromatic carbocycles. The van der Waals surface area contributed by atoms with E-state index in [0.29, 0.717) is 12.4 Å². The van der Waals surface area contributed by atoms with Crippen molar-refractivity contribution in [3.05, 3.63) is 75.4 Å². The molecule has 0 N–H and O–H groups in total. The largest absolute Gasteiger partial charge is 0.494 e. The summed E-state index contributed by atoms with van der Waals surface area (Å²) < 4.78 is 24.8. The predicted octanol–water partition coefficient (Wildman–Crippen LogP) is 3.51. The smallest absolute Gasteiger partial charge is 0.290 e. The summed E-state index contributed by atoms with van der Waals surface area (Å²) in [5.41, 5.74) is 0.753. The Morgan fingerprint density at radius 1 is 1.19 bits per heavy atom. The lowest BCUT2D eigenvalue weighted by molar-refractivity contribution is 0.0771. The van der Waals surface area contributed by atoms with Gasteiger partial charge in [0.15, 0.2) is 5.43 Å². The highest BCUT2D eigenvalue weighted by molar-refractivity contribution is 5.98. The zero-order valence-electron chi connectivity index (χ0n) is 14.3. The van der Waals surface area contributed by atoms with Crippen molar-refractivity contribution in [1.29, 1.82) is 0 Å². The van der Waals surface area contributed by atoms with Gasteiger partial charge in [-0.2, -0.15) is 0 Å². The summed E-state index contributed by atoms with van der Waals surface area (Å²) in [6.07, 6.45) is 0. The van der Waals surface area contributed by atoms with Crippen LogP contribution in [0.2, 0.25) is 0 Å². The summed E-state index contributed by atoms with van der Waals surface area (Å²) >= 11 is 0. The van der Waals surface area contributed by atoms with E-state index in [-0.39, 0.29) is 28.2 Å². The van der Waals surface area contributed by atoms with E-state index in [1.165, 1.54) is 17.0 Å². The summed E-state index contributed by atoms with van der Waals surface area (Å²) in [6.45, 7) is 2.38. The first-order valence-electron chi connectivity index (χ1n) is 8.27. The van der Waals surface area contributed by atoms with Gasteiger partial charge in [0.2, 0.25) is 5.76 Å². The fourth-order valence-electron chi connectivity index (χ4n) is 3.39. The van der Waals surface area contributed by atoms with Crippen LogP contribution in [0.3, 0.4) is 0 Å². The Bertz CT molecular complexity index is 1090. The van der Waals surface area contributed by atoms with Crippen molar-refractivity contribution in [1.82, 2.24) is 4.90 Å². The number of benzene rings is 2. The van der Waals surface area contributed by atoms with Gasteiger partial charge in [-0.1, -0.05) is 12.1 Å². The molecule has 1 aromatic heterocycles. The second kappa shape index (κ2) is 5.98. The van der Waals surface area contributed by atoms with Gasteiger partial charge in [-0.05, 0) is 42.8 Å². The molecular formula is C20H16FNO4. The quantitative estimate of drug-likeness (QED) is 0.723. The molecule has 0 fully saturated rings. The summed E-state index contributed by atoms with van der Waals surface area (Å²) in [7, 11) is 1.61. The molecule has 26 heavy (non-hydrogen) atoms. The number of ether oxygens (including phenoxy) is 1. The number of carbonyl (C=O) groups is 1. The highest BCUT2D eigenvalue weighted by Gasteiger charge is 2.40. The molecule has 1 aliphatic heterocycles. The lowest BCUT2D eigenvalue weighted by Gasteiger charge is -2.20. The third-order valence-corrected chi connectivity index (χ3v) is 4.55. The Hall–Kier alpha value is -3.15. The number of rotatable bonds is 3. The first-order valence-corrected chi connectivity index (χ1v) is 8.27. The van der Waals surface area contributed by atoms with Gasteiger partial charge >= 0.3 is 0 Å². The van der Waals surface area contributed by atoms with Gasteiger partial charge < -0.3 is 14.1 Å². The average molecular weight is 353 g/mol. The Kier molecular flexibility index (Phi) is 3.76. The van der Waals surface area contributed by atoms with E-state index in [4.69, 9.17) is 9.15 Å². The zero-order valence-corrected chi connectivity index (χ0v) is 14.3. The Labute approximate surface area is 148 Å². The standard InChI is InChI=1S/C20H16FNO4/c1-3-25-13-6-4-5-11(9-13)17-16-18(23)14-10-12(21)7-8-15(14)26-19(16)20(24)22(17)2/h4-10,17H,3H2,1-2H3. The first kappa shape index (κ1) is 16.3. The molecule has 0 saturated heterocycles. The maximum absolute atomic E-state index is 13.6. The molecule has 3 aromatic rings. The van der Waals surface area contributed by atoms with E-state index in [9.17, 15) is 14.0 Å². The van der Waals surface area contributed by atoms with E-state index in [2.05, 4.69) is 0 Å². The lowest BCUT2D eigenvalue weighted by Crippen LogP contribution is -2.25. The van der Waals surface area contributed by atoms with Crippen LogP contribution < -0.4 is 10.2 Å². The van der Waals surface area contributed by atoms with Crippen LogP contribution >= 0.6 is 0 Å². The van der Waals surface area contributed by atoms with Gasteiger partial charge in [0.1, 0.15) is 17.1 Å². The number of amides is 1. The van der Waals surface area contributed by atoms with Gasteiger partial charge in [0.05, 0.1) is 23.6 Å². The summed E-state index contributed by atoms with van der Waals surface area (Å²) in [5.74, 6) is -0.258. The molecule has 0 spiro atoms. The minimum atomic E-state index is -0.609. The monoisotopic (exact) mass is 353 g/mol. The number of nitrogens with zero attached hydrogens (tertiary/aromatic N) is 1. The van der Waals surface area contributed by atoms with Crippen LogP contribution in [-0.2, 0) is 0 Å². The maximum atomic E-state index is 13.6. The molecule has 1 unspecified atom stereocenters. The molecule has 5 nitrogen and oxygen atoms in total. The Morgan fingerprint density at radius 3 is 2.77 bits per heavy atom. The fraction of sp³-hybridized carbons (Fsp3) is 0.200. The van der Waals surface area contributed by atoms with Gasteiger partial charge in [-0.15, -0.1) is 0 Å². The van der Waals surface area contributed by atoms with Crippen molar-refractivity contribution in [2.24, 2.45) is 0 Å². The minimum Gasteiger partial charge on any atom is -0.494 e. The lowest BCUT2D eigenvalue weighted by atomic mass is 9.98. The molecule has 1 amide bonds. The van der Waals surface area contributed by atoms with Crippen molar-refractivity contribution in [2.45, 2.75) is 13.0 Å². The van der Waals surface area contributed by atoms with Crippen LogP contribution in [0.25, 0.3) is 11.0 Å². The van der Waals surface area contributed by atoms with Gasteiger partial charge in [-0.25, -0.2) is 4.39 Å². The fourth-order valence-corrected chi connectivity index (χ4v) is 3.39. The van der Waals surface area contributed by atoms with Gasteiger partial charge in [0, 0.05) is 7.05 Å². The van der Waals surface area contributed by atoms with Crippen LogP contribution in [0.4, 0.5) is 4.39 Å². The van der Waals surface area contributed by atoms with Crippen LogP contribution in [0, 0.1) is 5.82 Å². The van der Waals surface area contributed by atoms with Crippen LogP contribution in [0.5, 0.6) is 5.75 Å². The molecule has 1 atom stereocenters. The molecule has 0 bridgehead atoms. The van der Waals surface area contributed by atoms with Crippen molar-refractivity contribution in [3.8, 4) is 5.75 Å². The third kappa shape index (κ3) is 2.37. The SMILES string of the molecule is CCOc1cccc(C2c3c(oc4ccc(F)cc4c3=O)C(=O)N2C)c1. The molecule has 2 heterocycles. The van der Waals surface area contributed by atoms with Gasteiger partial charge in [0.25, 0.3) is 5.91 Å². The van der Waals surface area contributed by atoms with E-state index >= 15 is 0 Å². The summed E-state index contributed by atoms with van der Waals surface area (Å²) in [6, 6.07) is 10.3. The number of carbonyl (C=O) groups excluding carboxylic acids is 1. The molecule has 0 radical (unpaired) electrons. The Morgan fingerprint density at radius 2 is 2.00 bits per heavy atom. The van der Waals surface area contributed by atoms with E-state index < -0.39 is 17.3 Å². The minimum absolute atomic E-state index is 0.00317. The second-order valence-electron chi connectivity index (χ2n) is 6.14. The van der Waals surface area contributed by atoms with Crippen LogP contribution in [0.15, 0.2) is 51.7 Å². The van der Waals surface area contributed by atoms with Crippen molar-refractivity contribution >= 4 is 16.9 Å². The molecule has 0 saturated carbocycles. The summed E-state index contributed by atoms with van der Waals surface area (Å²) in [4.78, 5) is 27.1. The normalized spacial score (nSPS) is 16.2. The van der Waals surface area contributed by atoms with Gasteiger partial charge in [-0.3, -0.25) is 9.59 Å². The van der Waals surface area contributed by atoms with Crippen LogP contribution in [0.1, 0.15) is 34.6 Å². The number of hydrogen-bond acceptors (Lipinski definition) is 4. The first-order chi connectivity index (χ1) is 12.5. The second-order valence-corrected chi connectivity index (χ2v) is 6.14. The highest BCUT2D eigenvalue weighted by atomic mass is 19.1.